The van der Waals surface area contributed by atoms with Gasteiger partial charge in [-0.3, -0.25) is 4.70 Å². The summed E-state index contributed by atoms with van der Waals surface area (Å²) in [5, 5.41) is 8.63. The summed E-state index contributed by atoms with van der Waals surface area (Å²) in [6, 6.07) is 8.71. The Balaban J connectivity index is 0. The van der Waals surface area contributed by atoms with E-state index >= 15 is 0 Å². The molecule has 0 amide bonds. The first-order chi connectivity index (χ1) is 3.39. The number of phenolic OH excluding ortho intramolecular Hbond substituents is 1. The molecule has 1 aromatic rings. The maximum Gasteiger partial charge on any atom is 0.187 e. The molecule has 3 heteroatoms. The monoisotopic (exact) mass is 144 g/mol. The quantitative estimate of drug-likeness (QED) is 0.521. The molecule has 0 saturated carbocycles. The van der Waals surface area contributed by atoms with E-state index < -0.39 is 0 Å². The van der Waals surface area contributed by atoms with Crippen LogP contribution in [0.2, 0.25) is 0 Å². The van der Waals surface area contributed by atoms with Crippen molar-refractivity contribution in [2.45, 2.75) is 0 Å². The number of benzene rings is 1. The van der Waals surface area contributed by atoms with Gasteiger partial charge in [0.1, 0.15) is 5.75 Å². The summed E-state index contributed by atoms with van der Waals surface area (Å²) in [5.74, 6) is 0.322. The van der Waals surface area contributed by atoms with E-state index in [1.807, 2.05) is 6.07 Å². The minimum Gasteiger partial charge on any atom is -0.508 e. The average Bonchev–Trinajstić information content (AvgIpc) is 1.69. The normalized spacial score (nSPS) is 6.67. The van der Waals surface area contributed by atoms with Gasteiger partial charge in [0.25, 0.3) is 0 Å². The lowest BCUT2D eigenvalue weighted by Crippen LogP contribution is -1.56. The van der Waals surface area contributed by atoms with Crippen LogP contribution < -0.4 is 0 Å². The lowest BCUT2D eigenvalue weighted by atomic mass is 10.3. The number of hydrogen-bond acceptors (Lipinski definition) is 1. The Hall–Kier alpha value is -0.518. The molecule has 0 spiro atoms. The minimum atomic E-state index is 0. The predicted molar refractivity (Wildman–Crippen MR) is 40.5 cm³/mol. The average molecular weight is 144 g/mol. The largest absolute Gasteiger partial charge is 0.508 e. The molecule has 0 fully saturated rings. The molecule has 0 aliphatic rings. The summed E-state index contributed by atoms with van der Waals surface area (Å²) < 4.78 is 0. The highest BCUT2D eigenvalue weighted by Gasteiger charge is 1.74. The van der Waals surface area contributed by atoms with Crippen molar-refractivity contribution < 1.29 is 9.81 Å². The van der Waals surface area contributed by atoms with E-state index in [1.165, 1.54) is 0 Å². The van der Waals surface area contributed by atoms with Crippen molar-refractivity contribution in [2.75, 3.05) is 0 Å². The van der Waals surface area contributed by atoms with Crippen molar-refractivity contribution in [3.8, 4) is 5.75 Å². The number of phenols is 1. The molecular formula is C6H10AlFO. The predicted octanol–water partition coefficient (Wildman–Crippen LogP) is 0.361. The summed E-state index contributed by atoms with van der Waals surface area (Å²) >= 11 is 0. The summed E-state index contributed by atoms with van der Waals surface area (Å²) in [7, 11) is 0. The third kappa shape index (κ3) is 4.02. The molecule has 1 aromatic carbocycles. The van der Waals surface area contributed by atoms with Gasteiger partial charge in [0.05, 0.1) is 0 Å². The van der Waals surface area contributed by atoms with E-state index in [1.54, 1.807) is 24.3 Å². The molecule has 0 bridgehead atoms. The van der Waals surface area contributed by atoms with E-state index in [0.29, 0.717) is 5.75 Å². The third-order valence-corrected chi connectivity index (χ3v) is 0.756. The van der Waals surface area contributed by atoms with Crippen LogP contribution in [0.4, 0.5) is 4.70 Å². The molecule has 0 radical (unpaired) electrons. The van der Waals surface area contributed by atoms with Crippen LogP contribution in [-0.2, 0) is 0 Å². The maximum atomic E-state index is 8.63. The summed E-state index contributed by atoms with van der Waals surface area (Å²) in [6.45, 7) is 0. The first-order valence-corrected chi connectivity index (χ1v) is 2.13. The van der Waals surface area contributed by atoms with Crippen LogP contribution in [0.5, 0.6) is 5.75 Å². The number of halogens is 1. The van der Waals surface area contributed by atoms with Crippen LogP contribution in [0.25, 0.3) is 0 Å². The molecule has 0 unspecified atom stereocenters. The Morgan fingerprint density at radius 3 is 1.67 bits per heavy atom. The van der Waals surface area contributed by atoms with Crippen LogP contribution in [0.15, 0.2) is 30.3 Å². The van der Waals surface area contributed by atoms with Gasteiger partial charge in [-0.25, -0.2) is 0 Å². The lowest BCUT2D eigenvalue weighted by Gasteiger charge is -1.82. The minimum absolute atomic E-state index is 0. The lowest BCUT2D eigenvalue weighted by molar-refractivity contribution is 0.475. The molecule has 0 atom stereocenters. The molecule has 0 aromatic heterocycles. The molecule has 50 valence electrons. The van der Waals surface area contributed by atoms with Crippen LogP contribution in [0.3, 0.4) is 0 Å². The van der Waals surface area contributed by atoms with Crippen LogP contribution in [0.1, 0.15) is 0 Å². The Bertz CT molecular complexity index is 143. The van der Waals surface area contributed by atoms with Gasteiger partial charge in [-0.1, -0.05) is 18.2 Å². The molecule has 0 aliphatic heterocycles. The van der Waals surface area contributed by atoms with Gasteiger partial charge in [-0.2, -0.15) is 0 Å². The molecule has 0 aliphatic carbocycles. The first kappa shape index (κ1) is 11.3. The molecule has 9 heavy (non-hydrogen) atoms. The second kappa shape index (κ2) is 5.62. The second-order valence-corrected chi connectivity index (χ2v) is 1.34. The molecule has 1 nitrogen and oxygen atoms in total. The zero-order valence-electron chi connectivity index (χ0n) is 4.24. The number of aromatic hydroxyl groups is 1. The fourth-order valence-electron chi connectivity index (χ4n) is 0.428. The highest BCUT2D eigenvalue weighted by atomic mass is 27.0. The number of hydrogen-bond donors (Lipinski definition) is 1. The van der Waals surface area contributed by atoms with Gasteiger partial charge < -0.3 is 5.11 Å². The standard InChI is InChI=1S/C6H6O.Al.FH.3H/c7-6-4-2-1-3-5-6;;;;;/h1-5,7H;;1H;;;. The van der Waals surface area contributed by atoms with Crippen LogP contribution in [0, 0.1) is 0 Å². The SMILES string of the molecule is F.Oc1ccccc1.[AlH3]. The second-order valence-electron chi connectivity index (χ2n) is 1.34. The summed E-state index contributed by atoms with van der Waals surface area (Å²) in [4.78, 5) is 0. The molecule has 1 rings (SSSR count). The molecule has 0 heterocycles. The Kier molecular flexibility index (Phi) is 7.05. The van der Waals surface area contributed by atoms with Gasteiger partial charge >= 0.3 is 0 Å². The molecule has 0 saturated heterocycles. The zero-order chi connectivity index (χ0) is 5.11. The highest BCUT2D eigenvalue weighted by Crippen LogP contribution is 2.02. The van der Waals surface area contributed by atoms with E-state index in [-0.39, 0.29) is 22.1 Å². The third-order valence-electron chi connectivity index (χ3n) is 0.756. The molecular weight excluding hydrogens is 134 g/mol. The molecule has 1 N–H and O–H groups in total. The zero-order valence-corrected chi connectivity index (χ0v) is 4.24. The number of para-hydroxylation sites is 1. The van der Waals surface area contributed by atoms with E-state index in [9.17, 15) is 0 Å². The Morgan fingerprint density at radius 2 is 1.44 bits per heavy atom. The maximum absolute atomic E-state index is 8.63. The van der Waals surface area contributed by atoms with Gasteiger partial charge in [-0.05, 0) is 12.1 Å². The van der Waals surface area contributed by atoms with Gasteiger partial charge in [0, 0.05) is 0 Å². The fourth-order valence-corrected chi connectivity index (χ4v) is 0.428. The van der Waals surface area contributed by atoms with Gasteiger partial charge in [0.2, 0.25) is 0 Å². The Morgan fingerprint density at radius 1 is 1.00 bits per heavy atom. The fraction of sp³-hybridized carbons (Fsp3) is 0. The first-order valence-electron chi connectivity index (χ1n) is 2.13. The summed E-state index contributed by atoms with van der Waals surface area (Å²) in [6.07, 6.45) is 0. The van der Waals surface area contributed by atoms with Crippen LogP contribution >= 0.6 is 0 Å². The van der Waals surface area contributed by atoms with Crippen molar-refractivity contribution >= 4 is 17.4 Å². The van der Waals surface area contributed by atoms with E-state index in [0.717, 1.165) is 0 Å². The van der Waals surface area contributed by atoms with Crippen LogP contribution in [-0.4, -0.2) is 22.5 Å². The van der Waals surface area contributed by atoms with Crippen molar-refractivity contribution in [3.05, 3.63) is 30.3 Å². The van der Waals surface area contributed by atoms with Crippen molar-refractivity contribution in [3.63, 3.8) is 0 Å². The smallest absolute Gasteiger partial charge is 0.187 e. The summed E-state index contributed by atoms with van der Waals surface area (Å²) in [5.41, 5.74) is 0. The van der Waals surface area contributed by atoms with Gasteiger partial charge in [0.15, 0.2) is 17.4 Å². The van der Waals surface area contributed by atoms with E-state index in [4.69, 9.17) is 5.11 Å². The Labute approximate surface area is 63.8 Å². The van der Waals surface area contributed by atoms with Crippen molar-refractivity contribution in [1.29, 1.82) is 0 Å². The number of rotatable bonds is 0. The highest BCUT2D eigenvalue weighted by molar-refractivity contribution is 5.75. The topological polar surface area (TPSA) is 20.2 Å². The van der Waals surface area contributed by atoms with Crippen molar-refractivity contribution in [2.24, 2.45) is 0 Å². The van der Waals surface area contributed by atoms with Crippen molar-refractivity contribution in [1.82, 2.24) is 0 Å². The van der Waals surface area contributed by atoms with Gasteiger partial charge in [-0.15, -0.1) is 0 Å². The van der Waals surface area contributed by atoms with E-state index in [2.05, 4.69) is 0 Å².